The van der Waals surface area contributed by atoms with Crippen LogP contribution in [-0.4, -0.2) is 41.3 Å². The number of rotatable bonds is 9. The van der Waals surface area contributed by atoms with Crippen LogP contribution in [0.3, 0.4) is 0 Å². The van der Waals surface area contributed by atoms with E-state index in [2.05, 4.69) is 10.5 Å². The topological polar surface area (TPSA) is 97.3 Å². The number of methoxy groups -OCH3 is 2. The molecule has 184 valence electrons. The Labute approximate surface area is 209 Å². The van der Waals surface area contributed by atoms with Gasteiger partial charge in [-0.25, -0.2) is 13.8 Å². The molecular weight excluding hydrogens is 478 g/mol. The summed E-state index contributed by atoms with van der Waals surface area (Å²) in [6, 6.07) is 26.1. The van der Waals surface area contributed by atoms with E-state index in [1.807, 2.05) is 42.5 Å². The summed E-state index contributed by atoms with van der Waals surface area (Å²) in [5.74, 6) is 0.154. The second kappa shape index (κ2) is 10.9. The molecule has 1 amide bonds. The van der Waals surface area contributed by atoms with E-state index in [1.165, 1.54) is 38.6 Å². The Bertz CT molecular complexity index is 1500. The minimum absolute atomic E-state index is 0.0480. The number of anilines is 1. The summed E-state index contributed by atoms with van der Waals surface area (Å²) in [5.41, 5.74) is 3.50. The standard InChI is InChI=1S/C27H25N3O5S/c1-34-25-16-15-22(17-26(25)35-2)30(36(32,33)23-12-4-3-5-13-23)19-27(31)29-28-18-21-11-8-10-20-9-6-7-14-24(20)21/h3-18H,19H2,1-2H3,(H,29,31)/b28-18-. The van der Waals surface area contributed by atoms with Crippen molar-refractivity contribution >= 4 is 38.6 Å². The third-order valence-electron chi connectivity index (χ3n) is 5.49. The maximum Gasteiger partial charge on any atom is 0.264 e. The molecule has 0 fully saturated rings. The van der Waals surface area contributed by atoms with Crippen molar-refractivity contribution in [3.63, 3.8) is 0 Å². The number of nitrogens with zero attached hydrogens (tertiary/aromatic N) is 2. The number of sulfonamides is 1. The SMILES string of the molecule is COc1ccc(N(CC(=O)N/N=C\c2cccc3ccccc23)S(=O)(=O)c2ccccc2)cc1OC. The van der Waals surface area contributed by atoms with Gasteiger partial charge in [-0.1, -0.05) is 60.7 Å². The lowest BCUT2D eigenvalue weighted by molar-refractivity contribution is -0.119. The highest BCUT2D eigenvalue weighted by Gasteiger charge is 2.28. The molecule has 0 radical (unpaired) electrons. The molecule has 8 nitrogen and oxygen atoms in total. The number of carbonyl (C=O) groups is 1. The number of hydrogen-bond donors (Lipinski definition) is 1. The number of ether oxygens (including phenoxy) is 2. The van der Waals surface area contributed by atoms with Crippen LogP contribution in [0.15, 0.2) is 101 Å². The van der Waals surface area contributed by atoms with Gasteiger partial charge in [-0.2, -0.15) is 5.10 Å². The van der Waals surface area contributed by atoms with Crippen molar-refractivity contribution in [3.8, 4) is 11.5 Å². The average molecular weight is 504 g/mol. The zero-order valence-electron chi connectivity index (χ0n) is 19.8. The van der Waals surface area contributed by atoms with Gasteiger partial charge in [-0.05, 0) is 35.0 Å². The molecule has 4 aromatic carbocycles. The van der Waals surface area contributed by atoms with Crippen molar-refractivity contribution in [2.24, 2.45) is 5.10 Å². The maximum atomic E-state index is 13.5. The second-order valence-corrected chi connectivity index (χ2v) is 9.59. The molecule has 0 spiro atoms. The number of fused-ring (bicyclic) bond motifs is 1. The third kappa shape index (κ3) is 5.31. The Morgan fingerprint density at radius 1 is 0.889 bits per heavy atom. The molecule has 0 aliphatic heterocycles. The van der Waals surface area contributed by atoms with E-state index in [4.69, 9.17) is 9.47 Å². The molecule has 0 aliphatic rings. The highest BCUT2D eigenvalue weighted by Crippen LogP contribution is 2.33. The fourth-order valence-electron chi connectivity index (χ4n) is 3.72. The molecule has 9 heteroatoms. The van der Waals surface area contributed by atoms with Crippen LogP contribution in [-0.2, 0) is 14.8 Å². The van der Waals surface area contributed by atoms with Crippen molar-refractivity contribution < 1.29 is 22.7 Å². The van der Waals surface area contributed by atoms with Gasteiger partial charge in [0.15, 0.2) is 11.5 Å². The summed E-state index contributed by atoms with van der Waals surface area (Å²) in [7, 11) is -1.14. The number of carbonyl (C=O) groups excluding carboxylic acids is 1. The quantitative estimate of drug-likeness (QED) is 0.273. The van der Waals surface area contributed by atoms with Crippen LogP contribution in [0, 0.1) is 0 Å². The predicted molar refractivity (Wildman–Crippen MR) is 140 cm³/mol. The molecule has 4 aromatic rings. The second-order valence-electron chi connectivity index (χ2n) is 7.73. The highest BCUT2D eigenvalue weighted by molar-refractivity contribution is 7.92. The summed E-state index contributed by atoms with van der Waals surface area (Å²) in [5, 5.41) is 6.09. The van der Waals surface area contributed by atoms with Crippen LogP contribution in [0.5, 0.6) is 11.5 Å². The van der Waals surface area contributed by atoms with Crippen LogP contribution in [0.4, 0.5) is 5.69 Å². The normalized spacial score (nSPS) is 11.4. The molecule has 36 heavy (non-hydrogen) atoms. The van der Waals surface area contributed by atoms with Crippen molar-refractivity contribution in [3.05, 3.63) is 96.6 Å². The Hall–Kier alpha value is -4.37. The Balaban J connectivity index is 1.61. The van der Waals surface area contributed by atoms with E-state index in [1.54, 1.807) is 30.3 Å². The Morgan fingerprint density at radius 3 is 2.33 bits per heavy atom. The van der Waals surface area contributed by atoms with Gasteiger partial charge in [-0.3, -0.25) is 9.10 Å². The predicted octanol–water partition coefficient (Wildman–Crippen LogP) is 4.20. The van der Waals surface area contributed by atoms with Gasteiger partial charge in [0.05, 0.1) is 31.0 Å². The molecular formula is C27H25N3O5S. The van der Waals surface area contributed by atoms with E-state index >= 15 is 0 Å². The zero-order chi connectivity index (χ0) is 25.5. The largest absolute Gasteiger partial charge is 0.493 e. The summed E-state index contributed by atoms with van der Waals surface area (Å²) in [6.45, 7) is -0.500. The molecule has 0 saturated carbocycles. The first kappa shape index (κ1) is 24.7. The van der Waals surface area contributed by atoms with Gasteiger partial charge in [0.2, 0.25) is 0 Å². The van der Waals surface area contributed by atoms with Gasteiger partial charge in [0.1, 0.15) is 6.54 Å². The lowest BCUT2D eigenvalue weighted by Gasteiger charge is -2.24. The first-order valence-corrected chi connectivity index (χ1v) is 12.5. The van der Waals surface area contributed by atoms with E-state index in [0.717, 1.165) is 20.6 Å². The minimum Gasteiger partial charge on any atom is -0.493 e. The van der Waals surface area contributed by atoms with Crippen molar-refractivity contribution in [1.29, 1.82) is 0 Å². The fourth-order valence-corrected chi connectivity index (χ4v) is 5.15. The van der Waals surface area contributed by atoms with Crippen LogP contribution in [0.2, 0.25) is 0 Å². The zero-order valence-corrected chi connectivity index (χ0v) is 20.6. The minimum atomic E-state index is -4.08. The summed E-state index contributed by atoms with van der Waals surface area (Å²) >= 11 is 0. The first-order valence-electron chi connectivity index (χ1n) is 11.0. The van der Waals surface area contributed by atoms with E-state index in [0.29, 0.717) is 11.5 Å². The molecule has 0 unspecified atom stereocenters. The highest BCUT2D eigenvalue weighted by atomic mass is 32.2. The molecule has 0 saturated heterocycles. The number of hydrazone groups is 1. The Kier molecular flexibility index (Phi) is 7.50. The van der Waals surface area contributed by atoms with Crippen LogP contribution in [0.1, 0.15) is 5.56 Å². The van der Waals surface area contributed by atoms with Crippen LogP contribution >= 0.6 is 0 Å². The molecule has 0 bridgehead atoms. The third-order valence-corrected chi connectivity index (χ3v) is 7.28. The van der Waals surface area contributed by atoms with E-state index < -0.39 is 22.5 Å². The van der Waals surface area contributed by atoms with Crippen LogP contribution < -0.4 is 19.2 Å². The molecule has 1 N–H and O–H groups in total. The van der Waals surface area contributed by atoms with Crippen molar-refractivity contribution in [1.82, 2.24) is 5.43 Å². The average Bonchev–Trinajstić information content (AvgIpc) is 2.92. The van der Waals surface area contributed by atoms with Crippen molar-refractivity contribution in [2.45, 2.75) is 4.90 Å². The molecule has 0 aromatic heterocycles. The first-order chi connectivity index (χ1) is 17.4. The molecule has 4 rings (SSSR count). The Morgan fingerprint density at radius 2 is 1.58 bits per heavy atom. The lowest BCUT2D eigenvalue weighted by Crippen LogP contribution is -2.39. The van der Waals surface area contributed by atoms with Crippen molar-refractivity contribution in [2.75, 3.05) is 25.1 Å². The molecule has 0 aliphatic carbocycles. The van der Waals surface area contributed by atoms with Gasteiger partial charge in [-0.15, -0.1) is 0 Å². The van der Waals surface area contributed by atoms with E-state index in [9.17, 15) is 13.2 Å². The van der Waals surface area contributed by atoms with Crippen LogP contribution in [0.25, 0.3) is 10.8 Å². The smallest absolute Gasteiger partial charge is 0.264 e. The maximum absolute atomic E-state index is 13.5. The van der Waals surface area contributed by atoms with Gasteiger partial charge in [0.25, 0.3) is 15.9 Å². The monoisotopic (exact) mass is 503 g/mol. The molecule has 0 atom stereocenters. The van der Waals surface area contributed by atoms with E-state index in [-0.39, 0.29) is 10.6 Å². The van der Waals surface area contributed by atoms with Gasteiger partial charge < -0.3 is 9.47 Å². The number of benzene rings is 4. The number of hydrogen-bond acceptors (Lipinski definition) is 6. The van der Waals surface area contributed by atoms with Gasteiger partial charge in [0, 0.05) is 11.6 Å². The summed E-state index contributed by atoms with van der Waals surface area (Å²) in [4.78, 5) is 12.9. The molecule has 0 heterocycles. The summed E-state index contributed by atoms with van der Waals surface area (Å²) < 4.78 is 38.6. The lowest BCUT2D eigenvalue weighted by atomic mass is 10.1. The summed E-state index contributed by atoms with van der Waals surface area (Å²) in [6.07, 6.45) is 1.53. The number of amides is 1. The van der Waals surface area contributed by atoms with Gasteiger partial charge >= 0.3 is 0 Å². The number of nitrogens with one attached hydrogen (secondary N) is 1. The fraction of sp³-hybridized carbons (Fsp3) is 0.111.